The number of aromatic nitrogens is 1. The smallest absolute Gasteiger partial charge is 0.253 e. The maximum absolute atomic E-state index is 13.1. The first kappa shape index (κ1) is 16.8. The van der Waals surface area contributed by atoms with Gasteiger partial charge in [0.2, 0.25) is 0 Å². The van der Waals surface area contributed by atoms with E-state index in [1.807, 2.05) is 13.0 Å². The molecule has 0 unspecified atom stereocenters. The molecule has 0 bridgehead atoms. The normalized spacial score (nSPS) is 10.7. The summed E-state index contributed by atoms with van der Waals surface area (Å²) in [5.41, 5.74) is 8.84. The zero-order chi connectivity index (χ0) is 18.0. The van der Waals surface area contributed by atoms with Crippen molar-refractivity contribution in [3.8, 4) is 22.6 Å². The molecule has 0 aliphatic carbocycles. The number of nitrogens with zero attached hydrogens (tertiary/aromatic N) is 1. The molecule has 0 radical (unpaired) electrons. The first-order chi connectivity index (χ1) is 12.0. The minimum absolute atomic E-state index is 0.0174. The largest absolute Gasteiger partial charge is 0.457 e. The van der Waals surface area contributed by atoms with Gasteiger partial charge in [-0.1, -0.05) is 6.92 Å². The summed E-state index contributed by atoms with van der Waals surface area (Å²) in [4.78, 5) is 12.1. The topological polar surface area (TPSA) is 57.2 Å². The van der Waals surface area contributed by atoms with Crippen molar-refractivity contribution in [1.29, 1.82) is 0 Å². The summed E-state index contributed by atoms with van der Waals surface area (Å²) in [6, 6.07) is 13.0. The molecule has 0 aliphatic rings. The van der Waals surface area contributed by atoms with Gasteiger partial charge in [0.05, 0.1) is 0 Å². The molecule has 128 valence electrons. The van der Waals surface area contributed by atoms with Gasteiger partial charge in [-0.15, -0.1) is 0 Å². The summed E-state index contributed by atoms with van der Waals surface area (Å²) >= 11 is 0. The molecule has 0 saturated carbocycles. The second-order valence-electron chi connectivity index (χ2n) is 5.84. The number of halogens is 1. The predicted molar refractivity (Wildman–Crippen MR) is 97.4 cm³/mol. The van der Waals surface area contributed by atoms with Crippen LogP contribution in [0.5, 0.6) is 11.5 Å². The van der Waals surface area contributed by atoms with Crippen LogP contribution in [0, 0.1) is 5.82 Å². The Kier molecular flexibility index (Phi) is 4.57. The minimum Gasteiger partial charge on any atom is -0.457 e. The molecule has 5 heteroatoms. The van der Waals surface area contributed by atoms with Gasteiger partial charge in [0, 0.05) is 35.6 Å². The molecule has 4 nitrogen and oxygen atoms in total. The number of hydrogen-bond donors (Lipinski definition) is 1. The van der Waals surface area contributed by atoms with Crippen LogP contribution in [0.25, 0.3) is 11.1 Å². The van der Waals surface area contributed by atoms with E-state index < -0.39 is 0 Å². The van der Waals surface area contributed by atoms with Crippen LogP contribution < -0.4 is 16.0 Å². The lowest BCUT2D eigenvalue weighted by Crippen LogP contribution is -2.20. The Morgan fingerprint density at radius 1 is 1.12 bits per heavy atom. The monoisotopic (exact) mass is 338 g/mol. The maximum atomic E-state index is 13.1. The standard InChI is InChI=1S/C20H19FN2O2/c1-3-13-10-14(12-23(2)20(13)24)18-11-16(22)6-9-19(18)25-17-7-4-15(21)5-8-17/h4-12H,3,22H2,1-2H3. The molecule has 0 amide bonds. The fraction of sp³-hybridized carbons (Fsp3) is 0.150. The Bertz CT molecular complexity index is 962. The van der Waals surface area contributed by atoms with Gasteiger partial charge in [0.25, 0.3) is 5.56 Å². The first-order valence-electron chi connectivity index (χ1n) is 8.01. The molecule has 0 atom stereocenters. The van der Waals surface area contributed by atoms with Crippen molar-refractivity contribution >= 4 is 5.69 Å². The van der Waals surface area contributed by atoms with Crippen LogP contribution >= 0.6 is 0 Å². The zero-order valence-corrected chi connectivity index (χ0v) is 14.1. The summed E-state index contributed by atoms with van der Waals surface area (Å²) in [6.07, 6.45) is 2.39. The van der Waals surface area contributed by atoms with Crippen molar-refractivity contribution in [3.63, 3.8) is 0 Å². The van der Waals surface area contributed by atoms with Crippen LogP contribution in [0.15, 0.2) is 59.5 Å². The Morgan fingerprint density at radius 2 is 1.84 bits per heavy atom. The van der Waals surface area contributed by atoms with Crippen LogP contribution in [0.4, 0.5) is 10.1 Å². The van der Waals surface area contributed by atoms with Crippen molar-refractivity contribution < 1.29 is 9.13 Å². The average Bonchev–Trinajstić information content (AvgIpc) is 2.60. The van der Waals surface area contributed by atoms with E-state index in [2.05, 4.69) is 0 Å². The zero-order valence-electron chi connectivity index (χ0n) is 14.1. The van der Waals surface area contributed by atoms with E-state index in [0.29, 0.717) is 23.6 Å². The molecule has 0 saturated heterocycles. The molecule has 0 spiro atoms. The number of nitrogens with two attached hydrogens (primary N) is 1. The van der Waals surface area contributed by atoms with Crippen LogP contribution in [-0.4, -0.2) is 4.57 Å². The summed E-state index contributed by atoms with van der Waals surface area (Å²) < 4.78 is 20.5. The predicted octanol–water partition coefficient (Wildman–Crippen LogP) is 4.13. The lowest BCUT2D eigenvalue weighted by Gasteiger charge is -2.14. The summed E-state index contributed by atoms with van der Waals surface area (Å²) in [5.74, 6) is 0.782. The number of ether oxygens (including phenoxy) is 1. The molecule has 3 rings (SSSR count). The molecule has 1 heterocycles. The van der Waals surface area contributed by atoms with Crippen molar-refractivity contribution in [1.82, 2.24) is 4.57 Å². The highest BCUT2D eigenvalue weighted by Crippen LogP contribution is 2.35. The molecular weight excluding hydrogens is 319 g/mol. The molecule has 2 aromatic carbocycles. The highest BCUT2D eigenvalue weighted by molar-refractivity contribution is 5.74. The number of hydrogen-bond acceptors (Lipinski definition) is 3. The second-order valence-corrected chi connectivity index (χ2v) is 5.84. The molecule has 0 fully saturated rings. The third-order valence-corrected chi connectivity index (χ3v) is 3.99. The van der Waals surface area contributed by atoms with Gasteiger partial charge in [-0.2, -0.15) is 0 Å². The SMILES string of the molecule is CCc1cc(-c2cc(N)ccc2Oc2ccc(F)cc2)cn(C)c1=O. The minimum atomic E-state index is -0.324. The van der Waals surface area contributed by atoms with Gasteiger partial charge in [-0.05, 0) is 55.0 Å². The van der Waals surface area contributed by atoms with Crippen molar-refractivity contribution in [2.45, 2.75) is 13.3 Å². The fourth-order valence-corrected chi connectivity index (χ4v) is 2.67. The number of benzene rings is 2. The number of rotatable bonds is 4. The maximum Gasteiger partial charge on any atom is 0.253 e. The summed E-state index contributed by atoms with van der Waals surface area (Å²) in [5, 5.41) is 0. The van der Waals surface area contributed by atoms with Gasteiger partial charge >= 0.3 is 0 Å². The van der Waals surface area contributed by atoms with Crippen LogP contribution in [0.3, 0.4) is 0 Å². The number of anilines is 1. The fourth-order valence-electron chi connectivity index (χ4n) is 2.67. The number of nitrogen functional groups attached to an aromatic ring is 1. The van der Waals surface area contributed by atoms with Gasteiger partial charge in [0.1, 0.15) is 17.3 Å². The lowest BCUT2D eigenvalue weighted by molar-refractivity contribution is 0.482. The van der Waals surface area contributed by atoms with E-state index in [4.69, 9.17) is 10.5 Å². The van der Waals surface area contributed by atoms with E-state index in [1.54, 1.807) is 48.1 Å². The van der Waals surface area contributed by atoms with E-state index in [0.717, 1.165) is 16.7 Å². The summed E-state index contributed by atoms with van der Waals surface area (Å²) in [7, 11) is 1.72. The van der Waals surface area contributed by atoms with E-state index in [9.17, 15) is 9.18 Å². The van der Waals surface area contributed by atoms with Crippen LogP contribution in [0.2, 0.25) is 0 Å². The molecule has 0 aliphatic heterocycles. The molecule has 2 N–H and O–H groups in total. The van der Waals surface area contributed by atoms with E-state index in [-0.39, 0.29) is 11.4 Å². The number of aryl methyl sites for hydroxylation is 2. The van der Waals surface area contributed by atoms with Gasteiger partial charge < -0.3 is 15.0 Å². The third kappa shape index (κ3) is 3.55. The van der Waals surface area contributed by atoms with Crippen LogP contribution in [-0.2, 0) is 13.5 Å². The number of pyridine rings is 1. The van der Waals surface area contributed by atoms with E-state index in [1.165, 1.54) is 12.1 Å². The van der Waals surface area contributed by atoms with Crippen LogP contribution in [0.1, 0.15) is 12.5 Å². The van der Waals surface area contributed by atoms with E-state index >= 15 is 0 Å². The highest BCUT2D eigenvalue weighted by Gasteiger charge is 2.12. The average molecular weight is 338 g/mol. The third-order valence-electron chi connectivity index (χ3n) is 3.99. The summed E-state index contributed by atoms with van der Waals surface area (Å²) in [6.45, 7) is 1.94. The Labute approximate surface area is 145 Å². The van der Waals surface area contributed by atoms with Gasteiger partial charge in [-0.3, -0.25) is 4.79 Å². The lowest BCUT2D eigenvalue weighted by atomic mass is 10.0. The first-order valence-corrected chi connectivity index (χ1v) is 8.01. The molecule has 1 aromatic heterocycles. The Balaban J connectivity index is 2.10. The Hall–Kier alpha value is -3.08. The molecule has 3 aromatic rings. The quantitative estimate of drug-likeness (QED) is 0.728. The highest BCUT2D eigenvalue weighted by atomic mass is 19.1. The van der Waals surface area contributed by atoms with Crippen molar-refractivity contribution in [2.24, 2.45) is 7.05 Å². The second kappa shape index (κ2) is 6.81. The van der Waals surface area contributed by atoms with Crippen molar-refractivity contribution in [2.75, 3.05) is 5.73 Å². The van der Waals surface area contributed by atoms with Gasteiger partial charge in [-0.25, -0.2) is 4.39 Å². The molecular formula is C20H19FN2O2. The molecule has 25 heavy (non-hydrogen) atoms. The Morgan fingerprint density at radius 3 is 2.52 bits per heavy atom. The van der Waals surface area contributed by atoms with Gasteiger partial charge in [0.15, 0.2) is 0 Å². The van der Waals surface area contributed by atoms with Crippen molar-refractivity contribution in [3.05, 3.63) is 76.5 Å².